The minimum Gasteiger partial charge on any atom is -0.497 e. The minimum atomic E-state index is -3.88. The molecule has 0 spiro atoms. The van der Waals surface area contributed by atoms with Gasteiger partial charge in [0.25, 0.3) is 0 Å². The highest BCUT2D eigenvalue weighted by Crippen LogP contribution is 2.31. The highest BCUT2D eigenvalue weighted by Gasteiger charge is 2.51. The number of benzene rings is 2. The third-order valence-corrected chi connectivity index (χ3v) is 8.61. The molecule has 3 N–H and O–H groups in total. The number of hydrogen-bond acceptors (Lipinski definition) is 10. The first-order valence-electron chi connectivity index (χ1n) is 12.2. The molecule has 1 saturated heterocycles. The summed E-state index contributed by atoms with van der Waals surface area (Å²) in [7, 11) is -2.27. The van der Waals surface area contributed by atoms with Crippen LogP contribution < -0.4 is 15.8 Å². The molecule has 38 heavy (non-hydrogen) atoms. The normalized spacial score (nSPS) is 20.3. The predicted molar refractivity (Wildman–Crippen MR) is 147 cm³/mol. The number of sulfone groups is 1. The van der Waals surface area contributed by atoms with Gasteiger partial charge in [0.15, 0.2) is 9.84 Å². The summed E-state index contributed by atoms with van der Waals surface area (Å²) in [6.07, 6.45) is 1.44. The van der Waals surface area contributed by atoms with Gasteiger partial charge in [0.05, 0.1) is 13.2 Å². The van der Waals surface area contributed by atoms with Crippen molar-refractivity contribution in [3.05, 3.63) is 65.7 Å². The van der Waals surface area contributed by atoms with E-state index in [2.05, 4.69) is 5.32 Å². The van der Waals surface area contributed by atoms with Crippen LogP contribution in [-0.4, -0.2) is 62.6 Å². The predicted octanol–water partition coefficient (Wildman–Crippen LogP) is 2.77. The van der Waals surface area contributed by atoms with Crippen molar-refractivity contribution in [2.45, 2.75) is 60.8 Å². The molecule has 0 amide bonds. The van der Waals surface area contributed by atoms with Crippen molar-refractivity contribution in [3.63, 3.8) is 0 Å². The van der Waals surface area contributed by atoms with Gasteiger partial charge in [-0.25, -0.2) is 18.0 Å². The lowest BCUT2D eigenvalue weighted by atomic mass is 9.90. The topological polar surface area (TPSA) is 134 Å². The van der Waals surface area contributed by atoms with E-state index >= 15 is 0 Å². The Labute approximate surface area is 228 Å². The Balaban J connectivity index is 1.76. The van der Waals surface area contributed by atoms with Gasteiger partial charge in [0.1, 0.15) is 11.4 Å². The van der Waals surface area contributed by atoms with Gasteiger partial charge in [0, 0.05) is 23.8 Å². The molecule has 1 aliphatic heterocycles. The first kappa shape index (κ1) is 29.9. The lowest BCUT2D eigenvalue weighted by molar-refractivity contribution is -0.173. The summed E-state index contributed by atoms with van der Waals surface area (Å²) in [4.78, 5) is 26.7. The fourth-order valence-corrected chi connectivity index (χ4v) is 6.29. The molecule has 4 unspecified atom stereocenters. The van der Waals surface area contributed by atoms with Crippen LogP contribution in [0.3, 0.4) is 0 Å². The molecule has 0 aliphatic carbocycles. The molecule has 2 aromatic rings. The van der Waals surface area contributed by atoms with Crippen LogP contribution in [0.25, 0.3) is 0 Å². The van der Waals surface area contributed by atoms with Crippen molar-refractivity contribution < 1.29 is 32.2 Å². The molecule has 9 nitrogen and oxygen atoms in total. The Bertz CT molecular complexity index is 1210. The molecular formula is C27H36N2O7S2. The van der Waals surface area contributed by atoms with Gasteiger partial charge in [-0.15, -0.1) is 0 Å². The second-order valence-electron chi connectivity index (χ2n) is 10.3. The van der Waals surface area contributed by atoms with Gasteiger partial charge < -0.3 is 25.3 Å². The third kappa shape index (κ3) is 7.49. The number of thioether (sulfide) groups is 1. The monoisotopic (exact) mass is 564 g/mol. The van der Waals surface area contributed by atoms with Crippen LogP contribution in [0.4, 0.5) is 0 Å². The summed E-state index contributed by atoms with van der Waals surface area (Å²) < 4.78 is 41.7. The van der Waals surface area contributed by atoms with Crippen LogP contribution in [0.5, 0.6) is 5.75 Å². The van der Waals surface area contributed by atoms with Crippen LogP contribution in [0, 0.1) is 0 Å². The Kier molecular flexibility index (Phi) is 9.51. The van der Waals surface area contributed by atoms with Crippen LogP contribution in [-0.2, 0) is 40.2 Å². The molecule has 0 saturated carbocycles. The van der Waals surface area contributed by atoms with Gasteiger partial charge >= 0.3 is 11.9 Å². The van der Waals surface area contributed by atoms with Crippen molar-refractivity contribution in [1.82, 2.24) is 5.32 Å². The fraction of sp³-hybridized carbons (Fsp3) is 0.481. The van der Waals surface area contributed by atoms with E-state index in [1.54, 1.807) is 57.8 Å². The quantitative estimate of drug-likeness (QED) is 0.328. The first-order valence-corrected chi connectivity index (χ1v) is 15.2. The summed E-state index contributed by atoms with van der Waals surface area (Å²) in [5, 5.41) is 3.27. The number of esters is 2. The molecule has 0 bridgehead atoms. The summed E-state index contributed by atoms with van der Waals surface area (Å²) >= 11 is 1.68. The first-order chi connectivity index (χ1) is 17.7. The number of carbonyl (C=O) groups is 2. The maximum atomic E-state index is 13.5. The molecule has 2 aromatic carbocycles. The second kappa shape index (κ2) is 12.1. The SMILES string of the molecule is COc1ccc(CSC2CNC(C(OC(=O)C(N)(C(=O)OC(C)(C)C)c3ccccc3)S(C)(=O)=O)C2)cc1. The lowest BCUT2D eigenvalue weighted by Crippen LogP contribution is -2.57. The molecule has 208 valence electrons. The highest BCUT2D eigenvalue weighted by molar-refractivity contribution is 7.99. The number of rotatable bonds is 10. The van der Waals surface area contributed by atoms with Gasteiger partial charge in [-0.05, 0) is 50.5 Å². The van der Waals surface area contributed by atoms with Crippen molar-refractivity contribution in [1.29, 1.82) is 0 Å². The summed E-state index contributed by atoms with van der Waals surface area (Å²) in [6.45, 7) is 5.47. The molecule has 1 fully saturated rings. The molecule has 11 heteroatoms. The van der Waals surface area contributed by atoms with Crippen molar-refractivity contribution >= 4 is 33.5 Å². The van der Waals surface area contributed by atoms with E-state index in [1.165, 1.54) is 12.1 Å². The molecule has 0 radical (unpaired) electrons. The van der Waals surface area contributed by atoms with E-state index in [1.807, 2.05) is 24.3 Å². The Morgan fingerprint density at radius 1 is 1.08 bits per heavy atom. The van der Waals surface area contributed by atoms with Gasteiger partial charge in [-0.1, -0.05) is 42.5 Å². The number of ether oxygens (including phenoxy) is 3. The standard InChI is InChI=1S/C27H36N2O7S2/c1-26(2,3)36-25(31)27(28,19-9-7-6-8-10-19)24(30)35-23(38(5,32)33)22-15-21(16-29-22)37-17-18-11-13-20(34-4)14-12-18/h6-14,21-23,29H,15-17,28H2,1-5H3. The Hall–Kier alpha value is -2.60. The molecular weight excluding hydrogens is 528 g/mol. The van der Waals surface area contributed by atoms with E-state index < -0.39 is 44.4 Å². The van der Waals surface area contributed by atoms with E-state index in [0.29, 0.717) is 13.0 Å². The second-order valence-corrected chi connectivity index (χ2v) is 13.7. The largest absolute Gasteiger partial charge is 0.497 e. The van der Waals surface area contributed by atoms with E-state index in [9.17, 15) is 18.0 Å². The Morgan fingerprint density at radius 2 is 1.71 bits per heavy atom. The summed E-state index contributed by atoms with van der Waals surface area (Å²) in [5.74, 6) is -0.715. The van der Waals surface area contributed by atoms with Gasteiger partial charge in [-0.3, -0.25) is 0 Å². The van der Waals surface area contributed by atoms with Crippen LogP contribution in [0.2, 0.25) is 0 Å². The van der Waals surface area contributed by atoms with Crippen molar-refractivity contribution in [2.75, 3.05) is 19.9 Å². The maximum Gasteiger partial charge on any atom is 0.343 e. The van der Waals surface area contributed by atoms with Gasteiger partial charge in [0.2, 0.25) is 11.0 Å². The average molecular weight is 565 g/mol. The van der Waals surface area contributed by atoms with Gasteiger partial charge in [-0.2, -0.15) is 11.8 Å². The molecule has 3 rings (SSSR count). The highest BCUT2D eigenvalue weighted by atomic mass is 32.2. The molecule has 1 heterocycles. The van der Waals surface area contributed by atoms with E-state index in [0.717, 1.165) is 23.3 Å². The number of carbonyl (C=O) groups excluding carboxylic acids is 2. The smallest absolute Gasteiger partial charge is 0.343 e. The van der Waals surface area contributed by atoms with Crippen LogP contribution in [0.1, 0.15) is 38.3 Å². The van der Waals surface area contributed by atoms with E-state index in [-0.39, 0.29) is 10.8 Å². The van der Waals surface area contributed by atoms with E-state index in [4.69, 9.17) is 19.9 Å². The maximum absolute atomic E-state index is 13.5. The van der Waals surface area contributed by atoms with Crippen molar-refractivity contribution in [3.8, 4) is 5.75 Å². The number of nitrogens with one attached hydrogen (secondary N) is 1. The fourth-order valence-electron chi connectivity index (χ4n) is 4.05. The van der Waals surface area contributed by atoms with Crippen LogP contribution in [0.15, 0.2) is 54.6 Å². The number of methoxy groups -OCH3 is 1. The lowest BCUT2D eigenvalue weighted by Gasteiger charge is -2.32. The third-order valence-electron chi connectivity index (χ3n) is 6.01. The van der Waals surface area contributed by atoms with Crippen LogP contribution >= 0.6 is 11.8 Å². The number of nitrogens with two attached hydrogens (primary N) is 1. The van der Waals surface area contributed by atoms with Crippen molar-refractivity contribution in [2.24, 2.45) is 5.73 Å². The Morgan fingerprint density at radius 3 is 2.26 bits per heavy atom. The summed E-state index contributed by atoms with van der Waals surface area (Å²) in [6, 6.07) is 15.0. The zero-order chi connectivity index (χ0) is 28.1. The number of hydrogen-bond donors (Lipinski definition) is 2. The molecule has 1 aliphatic rings. The zero-order valence-corrected chi connectivity index (χ0v) is 23.9. The zero-order valence-electron chi connectivity index (χ0n) is 22.3. The average Bonchev–Trinajstić information content (AvgIpc) is 3.32. The minimum absolute atomic E-state index is 0.0904. The molecule has 0 aromatic heterocycles. The molecule has 4 atom stereocenters. The summed E-state index contributed by atoms with van der Waals surface area (Å²) in [5.41, 5.74) is 2.82.